The summed E-state index contributed by atoms with van der Waals surface area (Å²) in [5, 5.41) is 0. The van der Waals surface area contributed by atoms with Crippen LogP contribution in [0.15, 0.2) is 0 Å². The van der Waals surface area contributed by atoms with Crippen LogP contribution in [0.5, 0.6) is 0 Å². The average Bonchev–Trinajstić information content (AvgIpc) is 2.18. The minimum atomic E-state index is -0.472. The zero-order valence-corrected chi connectivity index (χ0v) is 11.4. The highest BCUT2D eigenvalue weighted by Gasteiger charge is 2.33. The summed E-state index contributed by atoms with van der Waals surface area (Å²) in [6, 6.07) is 0. The Morgan fingerprint density at radius 1 is 1.00 bits per heavy atom. The topological polar surface area (TPSA) is 37.4 Å². The molecule has 3 nitrogen and oxygen atoms in total. The van der Waals surface area contributed by atoms with Gasteiger partial charge in [0.15, 0.2) is 0 Å². The van der Waals surface area contributed by atoms with Crippen molar-refractivity contribution >= 4 is 11.7 Å². The van der Waals surface area contributed by atoms with Crippen molar-refractivity contribution in [3.63, 3.8) is 0 Å². The first-order valence-corrected chi connectivity index (χ1v) is 6.19. The number of amides is 1. The van der Waals surface area contributed by atoms with Crippen molar-refractivity contribution in [2.45, 2.75) is 41.5 Å². The first kappa shape index (κ1) is 15.1. The molecular weight excluding hydrogens is 202 g/mol. The van der Waals surface area contributed by atoms with Crippen LogP contribution in [0.2, 0.25) is 0 Å². The molecule has 16 heavy (non-hydrogen) atoms. The molecule has 0 aromatic heterocycles. The molecule has 0 aliphatic carbocycles. The second-order valence-corrected chi connectivity index (χ2v) is 4.79. The van der Waals surface area contributed by atoms with Gasteiger partial charge in [0.1, 0.15) is 5.78 Å². The summed E-state index contributed by atoms with van der Waals surface area (Å²) < 4.78 is 0. The van der Waals surface area contributed by atoms with Crippen molar-refractivity contribution in [1.29, 1.82) is 0 Å². The van der Waals surface area contributed by atoms with E-state index in [0.29, 0.717) is 13.1 Å². The van der Waals surface area contributed by atoms with Gasteiger partial charge >= 0.3 is 0 Å². The number of hydrogen-bond acceptors (Lipinski definition) is 2. The van der Waals surface area contributed by atoms with Gasteiger partial charge in [0.2, 0.25) is 5.91 Å². The zero-order valence-electron chi connectivity index (χ0n) is 11.4. The van der Waals surface area contributed by atoms with Crippen molar-refractivity contribution in [1.82, 2.24) is 4.90 Å². The summed E-state index contributed by atoms with van der Waals surface area (Å²) in [7, 11) is 0. The number of carbonyl (C=O) groups excluding carboxylic acids is 2. The summed E-state index contributed by atoms with van der Waals surface area (Å²) in [4.78, 5) is 26.0. The van der Waals surface area contributed by atoms with Gasteiger partial charge in [-0.1, -0.05) is 27.7 Å². The van der Waals surface area contributed by atoms with E-state index >= 15 is 0 Å². The lowest BCUT2D eigenvalue weighted by atomic mass is 9.85. The van der Waals surface area contributed by atoms with E-state index < -0.39 is 5.92 Å². The summed E-state index contributed by atoms with van der Waals surface area (Å²) in [6.45, 7) is 12.8. The quantitative estimate of drug-likeness (QED) is 0.653. The second-order valence-electron chi connectivity index (χ2n) is 4.79. The van der Waals surface area contributed by atoms with E-state index in [4.69, 9.17) is 0 Å². The van der Waals surface area contributed by atoms with Crippen LogP contribution in [0.4, 0.5) is 0 Å². The van der Waals surface area contributed by atoms with Crippen molar-refractivity contribution in [2.75, 3.05) is 13.1 Å². The molecule has 0 aromatic rings. The smallest absolute Gasteiger partial charge is 0.233 e. The molecule has 0 bridgehead atoms. The Morgan fingerprint density at radius 2 is 1.44 bits per heavy atom. The third kappa shape index (κ3) is 3.62. The van der Waals surface area contributed by atoms with Gasteiger partial charge < -0.3 is 4.90 Å². The van der Waals surface area contributed by atoms with Gasteiger partial charge in [-0.25, -0.2) is 0 Å². The van der Waals surface area contributed by atoms with E-state index in [2.05, 4.69) is 0 Å². The molecule has 1 amide bonds. The number of hydrogen-bond donors (Lipinski definition) is 0. The van der Waals surface area contributed by atoms with Crippen LogP contribution < -0.4 is 0 Å². The highest BCUT2D eigenvalue weighted by molar-refractivity contribution is 6.02. The Balaban J connectivity index is 4.92. The zero-order chi connectivity index (χ0) is 12.9. The largest absolute Gasteiger partial charge is 0.343 e. The molecule has 94 valence electrons. The van der Waals surface area contributed by atoms with Gasteiger partial charge in [-0.2, -0.15) is 0 Å². The van der Waals surface area contributed by atoms with E-state index in [-0.39, 0.29) is 23.5 Å². The molecule has 0 aromatic carbocycles. The lowest BCUT2D eigenvalue weighted by Crippen LogP contribution is -2.42. The van der Waals surface area contributed by atoms with E-state index in [9.17, 15) is 9.59 Å². The first-order chi connectivity index (χ1) is 7.36. The van der Waals surface area contributed by atoms with Gasteiger partial charge in [-0.15, -0.1) is 0 Å². The van der Waals surface area contributed by atoms with Gasteiger partial charge in [-0.05, 0) is 19.8 Å². The second kappa shape index (κ2) is 6.66. The van der Waals surface area contributed by atoms with Crippen LogP contribution in [0.3, 0.4) is 0 Å². The Bertz CT molecular complexity index is 242. The summed E-state index contributed by atoms with van der Waals surface area (Å²) in [6.07, 6.45) is 0. The van der Waals surface area contributed by atoms with Gasteiger partial charge in [0.05, 0.1) is 5.92 Å². The maximum Gasteiger partial charge on any atom is 0.233 e. The third-order valence-corrected chi connectivity index (χ3v) is 2.88. The minimum absolute atomic E-state index is 0.0151. The summed E-state index contributed by atoms with van der Waals surface area (Å²) in [5.74, 6) is -0.430. The van der Waals surface area contributed by atoms with Gasteiger partial charge in [0.25, 0.3) is 0 Å². The monoisotopic (exact) mass is 227 g/mol. The normalized spacial score (nSPS) is 13.0. The Hall–Kier alpha value is -0.860. The fourth-order valence-corrected chi connectivity index (χ4v) is 1.83. The maximum absolute atomic E-state index is 12.2. The molecule has 0 saturated heterocycles. The van der Waals surface area contributed by atoms with Crippen LogP contribution in [0, 0.1) is 17.8 Å². The highest BCUT2D eigenvalue weighted by atomic mass is 16.2. The SMILES string of the molecule is CCN(CC)C(=O)C(C(=O)C(C)C)C(C)C. The van der Waals surface area contributed by atoms with E-state index in [0.717, 1.165) is 0 Å². The number of ketones is 1. The molecule has 3 heteroatoms. The van der Waals surface area contributed by atoms with Crippen LogP contribution in [0.25, 0.3) is 0 Å². The van der Waals surface area contributed by atoms with Crippen molar-refractivity contribution in [3.05, 3.63) is 0 Å². The van der Waals surface area contributed by atoms with Crippen LogP contribution >= 0.6 is 0 Å². The molecule has 0 spiro atoms. The molecule has 0 aliphatic heterocycles. The lowest BCUT2D eigenvalue weighted by molar-refractivity contribution is -0.144. The molecule has 0 saturated carbocycles. The number of rotatable bonds is 6. The van der Waals surface area contributed by atoms with E-state index in [1.807, 2.05) is 41.5 Å². The Morgan fingerprint density at radius 3 is 1.69 bits per heavy atom. The van der Waals surface area contributed by atoms with E-state index in [1.165, 1.54) is 0 Å². The van der Waals surface area contributed by atoms with E-state index in [1.54, 1.807) is 4.90 Å². The fraction of sp³-hybridized carbons (Fsp3) is 0.846. The Kier molecular flexibility index (Phi) is 6.31. The molecule has 1 unspecified atom stereocenters. The van der Waals surface area contributed by atoms with Gasteiger partial charge in [-0.3, -0.25) is 9.59 Å². The molecule has 0 rings (SSSR count). The molecule has 0 radical (unpaired) electrons. The predicted octanol–water partition coefficient (Wildman–Crippen LogP) is 2.35. The van der Waals surface area contributed by atoms with Crippen molar-refractivity contribution in [3.8, 4) is 0 Å². The molecule has 0 heterocycles. The summed E-state index contributed by atoms with van der Waals surface area (Å²) >= 11 is 0. The first-order valence-electron chi connectivity index (χ1n) is 6.19. The minimum Gasteiger partial charge on any atom is -0.343 e. The maximum atomic E-state index is 12.2. The third-order valence-electron chi connectivity index (χ3n) is 2.88. The molecular formula is C13H25NO2. The van der Waals surface area contributed by atoms with Crippen LogP contribution in [-0.2, 0) is 9.59 Å². The highest BCUT2D eigenvalue weighted by Crippen LogP contribution is 2.19. The van der Waals surface area contributed by atoms with Crippen LogP contribution in [0.1, 0.15) is 41.5 Å². The Labute approximate surface area is 99.2 Å². The number of Topliss-reactive ketones (excluding diaryl/α,β-unsaturated/α-hetero) is 1. The fourth-order valence-electron chi connectivity index (χ4n) is 1.83. The van der Waals surface area contributed by atoms with Crippen molar-refractivity contribution in [2.24, 2.45) is 17.8 Å². The number of carbonyl (C=O) groups is 2. The molecule has 0 N–H and O–H groups in total. The molecule has 0 aliphatic rings. The standard InChI is InChI=1S/C13H25NO2/c1-7-14(8-2)13(16)11(9(3)4)12(15)10(5)6/h9-11H,7-8H2,1-6H3. The van der Waals surface area contributed by atoms with Crippen LogP contribution in [-0.4, -0.2) is 29.7 Å². The van der Waals surface area contributed by atoms with Gasteiger partial charge in [0, 0.05) is 19.0 Å². The lowest BCUT2D eigenvalue weighted by Gasteiger charge is -2.27. The van der Waals surface area contributed by atoms with Crippen molar-refractivity contribution < 1.29 is 9.59 Å². The number of nitrogens with zero attached hydrogens (tertiary/aromatic N) is 1. The average molecular weight is 227 g/mol. The predicted molar refractivity (Wildman–Crippen MR) is 66.1 cm³/mol. The summed E-state index contributed by atoms with van der Waals surface area (Å²) in [5.41, 5.74) is 0. The molecule has 1 atom stereocenters. The molecule has 0 fully saturated rings.